The number of nitrogens with one attached hydrogen (secondary N) is 2. The molecule has 0 aliphatic carbocycles. The molecule has 2 N–H and O–H groups in total. The highest BCUT2D eigenvalue weighted by molar-refractivity contribution is 7.80. The lowest BCUT2D eigenvalue weighted by molar-refractivity contribution is -0.115. The predicted molar refractivity (Wildman–Crippen MR) is 104 cm³/mol. The van der Waals surface area contributed by atoms with Crippen LogP contribution in [0, 0.1) is 5.82 Å². The molecule has 0 atom stereocenters. The van der Waals surface area contributed by atoms with Crippen LogP contribution in [-0.4, -0.2) is 35.9 Å². The summed E-state index contributed by atoms with van der Waals surface area (Å²) in [5, 5.41) is 5.42. The lowest BCUT2D eigenvalue weighted by atomic mass is 10.1. The number of amides is 2. The Kier molecular flexibility index (Phi) is 6.57. The van der Waals surface area contributed by atoms with Crippen molar-refractivity contribution in [3.8, 4) is 0 Å². The zero-order valence-corrected chi connectivity index (χ0v) is 15.1. The molecule has 7 heteroatoms. The van der Waals surface area contributed by atoms with E-state index < -0.39 is 5.91 Å². The third kappa shape index (κ3) is 5.49. The zero-order valence-electron chi connectivity index (χ0n) is 14.3. The number of hydrogen-bond acceptors (Lipinski definition) is 3. The number of rotatable bonds is 4. The molecule has 0 heterocycles. The number of thiocarbonyl (C=S) groups is 1. The number of anilines is 1. The molecule has 0 aromatic heterocycles. The minimum atomic E-state index is -0.441. The zero-order chi connectivity index (χ0) is 19.1. The van der Waals surface area contributed by atoms with E-state index in [1.807, 2.05) is 0 Å². The molecule has 0 aliphatic rings. The molecule has 2 aromatic rings. The van der Waals surface area contributed by atoms with Crippen molar-refractivity contribution < 1.29 is 14.0 Å². The lowest BCUT2D eigenvalue weighted by Crippen LogP contribution is -2.33. The van der Waals surface area contributed by atoms with Crippen LogP contribution in [0.5, 0.6) is 0 Å². The fraction of sp³-hybridized carbons (Fsp3) is 0.105. The predicted octanol–water partition coefficient (Wildman–Crippen LogP) is 3.05. The van der Waals surface area contributed by atoms with Crippen LogP contribution >= 0.6 is 12.2 Å². The van der Waals surface area contributed by atoms with Crippen molar-refractivity contribution in [1.82, 2.24) is 10.2 Å². The summed E-state index contributed by atoms with van der Waals surface area (Å²) in [5.74, 6) is -0.968. The standard InChI is InChI=1S/C19H18FN3O2S/c1-23(2)18(25)15-5-3-4-6-16(15)21-19(26)22-17(24)12-9-13-7-10-14(20)11-8-13/h3-12H,1-2H3,(H2,21,22,24,26). The van der Waals surface area contributed by atoms with Crippen LogP contribution in [0.2, 0.25) is 0 Å². The van der Waals surface area contributed by atoms with E-state index in [-0.39, 0.29) is 16.8 Å². The van der Waals surface area contributed by atoms with Crippen molar-refractivity contribution in [2.24, 2.45) is 0 Å². The van der Waals surface area contributed by atoms with Gasteiger partial charge in [-0.2, -0.15) is 0 Å². The van der Waals surface area contributed by atoms with Gasteiger partial charge in [-0.3, -0.25) is 14.9 Å². The van der Waals surface area contributed by atoms with Crippen molar-refractivity contribution in [2.45, 2.75) is 0 Å². The number of benzene rings is 2. The van der Waals surface area contributed by atoms with E-state index >= 15 is 0 Å². The maximum absolute atomic E-state index is 12.8. The summed E-state index contributed by atoms with van der Waals surface area (Å²) in [7, 11) is 3.30. The summed E-state index contributed by atoms with van der Waals surface area (Å²) >= 11 is 5.12. The number of para-hydroxylation sites is 1. The summed E-state index contributed by atoms with van der Waals surface area (Å²) in [6, 6.07) is 12.6. The SMILES string of the molecule is CN(C)C(=O)c1ccccc1NC(=S)NC(=O)C=Cc1ccc(F)cc1. The maximum Gasteiger partial charge on any atom is 0.255 e. The van der Waals surface area contributed by atoms with E-state index in [0.29, 0.717) is 16.8 Å². The number of hydrogen-bond donors (Lipinski definition) is 2. The number of nitrogens with zero attached hydrogens (tertiary/aromatic N) is 1. The summed E-state index contributed by atoms with van der Waals surface area (Å²) in [6.07, 6.45) is 2.83. The molecule has 2 amide bonds. The molecule has 0 aliphatic heterocycles. The van der Waals surface area contributed by atoms with E-state index in [1.165, 1.54) is 23.1 Å². The van der Waals surface area contributed by atoms with Crippen molar-refractivity contribution in [3.05, 3.63) is 71.6 Å². The maximum atomic E-state index is 12.8. The number of carbonyl (C=O) groups excluding carboxylic acids is 2. The van der Waals surface area contributed by atoms with Crippen molar-refractivity contribution in [2.75, 3.05) is 19.4 Å². The first-order valence-corrected chi connectivity index (χ1v) is 8.14. The molecule has 26 heavy (non-hydrogen) atoms. The molecule has 134 valence electrons. The topological polar surface area (TPSA) is 61.4 Å². The first-order valence-electron chi connectivity index (χ1n) is 7.73. The second-order valence-electron chi connectivity index (χ2n) is 5.57. The molecule has 0 bridgehead atoms. The van der Waals surface area contributed by atoms with Gasteiger partial charge in [0.15, 0.2) is 5.11 Å². The van der Waals surface area contributed by atoms with Crippen LogP contribution in [-0.2, 0) is 4.79 Å². The van der Waals surface area contributed by atoms with Crippen molar-refractivity contribution in [3.63, 3.8) is 0 Å². The van der Waals surface area contributed by atoms with Crippen molar-refractivity contribution >= 4 is 40.9 Å². The van der Waals surface area contributed by atoms with Gasteiger partial charge in [0, 0.05) is 20.2 Å². The quantitative estimate of drug-likeness (QED) is 0.641. The summed E-state index contributed by atoms with van der Waals surface area (Å²) in [5.41, 5.74) is 1.62. The van der Waals surface area contributed by atoms with Crippen LogP contribution in [0.4, 0.5) is 10.1 Å². The molecular formula is C19H18FN3O2S. The first-order chi connectivity index (χ1) is 12.4. The molecule has 0 saturated heterocycles. The Bertz CT molecular complexity index is 848. The van der Waals surface area contributed by atoms with Crippen LogP contribution in [0.25, 0.3) is 6.08 Å². The average molecular weight is 371 g/mol. The van der Waals surface area contributed by atoms with Crippen LogP contribution < -0.4 is 10.6 Å². The largest absolute Gasteiger partial charge is 0.345 e. The van der Waals surface area contributed by atoms with E-state index in [1.54, 1.807) is 56.6 Å². The van der Waals surface area contributed by atoms with Gasteiger partial charge in [0.1, 0.15) is 5.82 Å². The Hall–Kier alpha value is -3.06. The summed E-state index contributed by atoms with van der Waals surface area (Å²) in [6.45, 7) is 0. The Morgan fingerprint density at radius 2 is 1.73 bits per heavy atom. The fourth-order valence-corrected chi connectivity index (χ4v) is 2.28. The Labute approximate surface area is 156 Å². The van der Waals surface area contributed by atoms with E-state index in [2.05, 4.69) is 10.6 Å². The van der Waals surface area contributed by atoms with Gasteiger partial charge < -0.3 is 10.2 Å². The third-order valence-electron chi connectivity index (χ3n) is 3.35. The number of carbonyl (C=O) groups is 2. The molecule has 0 unspecified atom stereocenters. The molecule has 0 spiro atoms. The van der Waals surface area contributed by atoms with Crippen molar-refractivity contribution in [1.29, 1.82) is 0 Å². The van der Waals surface area contributed by atoms with Gasteiger partial charge in [0.05, 0.1) is 11.3 Å². The summed E-state index contributed by atoms with van der Waals surface area (Å²) < 4.78 is 12.8. The molecule has 2 aromatic carbocycles. The van der Waals surface area contributed by atoms with Gasteiger partial charge >= 0.3 is 0 Å². The highest BCUT2D eigenvalue weighted by atomic mass is 32.1. The Morgan fingerprint density at radius 3 is 2.38 bits per heavy atom. The minimum Gasteiger partial charge on any atom is -0.345 e. The van der Waals surface area contributed by atoms with Gasteiger partial charge in [-0.05, 0) is 48.1 Å². The Balaban J connectivity index is 1.99. The van der Waals surface area contributed by atoms with E-state index in [4.69, 9.17) is 12.2 Å². The van der Waals surface area contributed by atoms with Crippen LogP contribution in [0.3, 0.4) is 0 Å². The smallest absolute Gasteiger partial charge is 0.255 e. The normalized spacial score (nSPS) is 10.4. The van der Waals surface area contributed by atoms with Gasteiger partial charge in [-0.1, -0.05) is 24.3 Å². The average Bonchev–Trinajstić information content (AvgIpc) is 2.61. The Morgan fingerprint density at radius 1 is 1.08 bits per heavy atom. The molecule has 0 radical (unpaired) electrons. The molecule has 5 nitrogen and oxygen atoms in total. The van der Waals surface area contributed by atoms with Gasteiger partial charge in [-0.15, -0.1) is 0 Å². The van der Waals surface area contributed by atoms with E-state index in [9.17, 15) is 14.0 Å². The fourth-order valence-electron chi connectivity index (χ4n) is 2.07. The monoisotopic (exact) mass is 371 g/mol. The molecule has 0 saturated carbocycles. The second-order valence-corrected chi connectivity index (χ2v) is 5.98. The first kappa shape index (κ1) is 19.3. The van der Waals surface area contributed by atoms with Gasteiger partial charge in [0.2, 0.25) is 5.91 Å². The second kappa shape index (κ2) is 8.87. The highest BCUT2D eigenvalue weighted by Gasteiger charge is 2.13. The van der Waals surface area contributed by atoms with Gasteiger partial charge in [-0.25, -0.2) is 4.39 Å². The van der Waals surface area contributed by atoms with Crippen LogP contribution in [0.15, 0.2) is 54.6 Å². The van der Waals surface area contributed by atoms with E-state index in [0.717, 1.165) is 0 Å². The highest BCUT2D eigenvalue weighted by Crippen LogP contribution is 2.16. The molecule has 0 fully saturated rings. The number of halogens is 1. The van der Waals surface area contributed by atoms with Crippen LogP contribution in [0.1, 0.15) is 15.9 Å². The molecule has 2 rings (SSSR count). The summed E-state index contributed by atoms with van der Waals surface area (Å²) in [4.78, 5) is 25.6. The molecular weight excluding hydrogens is 353 g/mol. The third-order valence-corrected chi connectivity index (χ3v) is 3.55. The van der Waals surface area contributed by atoms with Gasteiger partial charge in [0.25, 0.3) is 5.91 Å². The lowest BCUT2D eigenvalue weighted by Gasteiger charge is -2.15. The minimum absolute atomic E-state index is 0.0674.